The van der Waals surface area contributed by atoms with Crippen molar-refractivity contribution in [2.75, 3.05) is 16.8 Å². The summed E-state index contributed by atoms with van der Waals surface area (Å²) in [4.78, 5) is 19.0. The number of amides is 1. The number of halogens is 2. The lowest BCUT2D eigenvalue weighted by molar-refractivity contribution is -0.118. The van der Waals surface area contributed by atoms with E-state index in [0.717, 1.165) is 11.4 Å². The van der Waals surface area contributed by atoms with E-state index in [1.54, 1.807) is 24.4 Å². The Labute approximate surface area is 258 Å². The van der Waals surface area contributed by atoms with Crippen LogP contribution in [-0.2, 0) is 4.79 Å². The summed E-state index contributed by atoms with van der Waals surface area (Å²) in [6.07, 6.45) is 1.75. The van der Waals surface area contributed by atoms with Crippen molar-refractivity contribution in [2.24, 2.45) is 0 Å². The maximum Gasteiger partial charge on any atom is 0.262 e. The third-order valence-corrected chi connectivity index (χ3v) is 7.91. The van der Waals surface area contributed by atoms with Gasteiger partial charge in [0.05, 0.1) is 21.8 Å². The van der Waals surface area contributed by atoms with Crippen molar-refractivity contribution in [3.8, 4) is 17.1 Å². The first-order chi connectivity index (χ1) is 20.5. The van der Waals surface area contributed by atoms with Crippen LogP contribution in [0, 0.1) is 0 Å². The van der Waals surface area contributed by atoms with Crippen LogP contribution in [0.5, 0.6) is 5.75 Å². The monoisotopic (exact) mass is 614 g/mol. The zero-order chi connectivity index (χ0) is 29.1. The number of benzene rings is 3. The molecule has 0 radical (unpaired) electrons. The highest BCUT2D eigenvalue weighted by atomic mass is 35.5. The van der Waals surface area contributed by atoms with E-state index in [0.29, 0.717) is 43.7 Å². The van der Waals surface area contributed by atoms with Crippen LogP contribution in [0.15, 0.2) is 114 Å². The van der Waals surface area contributed by atoms with Crippen LogP contribution in [0.4, 0.5) is 11.4 Å². The van der Waals surface area contributed by atoms with E-state index in [-0.39, 0.29) is 24.6 Å². The average Bonchev–Trinajstić information content (AvgIpc) is 3.63. The molecule has 0 bridgehead atoms. The summed E-state index contributed by atoms with van der Waals surface area (Å²) in [5.41, 5.74) is 2.95. The van der Waals surface area contributed by atoms with Gasteiger partial charge in [-0.2, -0.15) is 0 Å². The van der Waals surface area contributed by atoms with Crippen molar-refractivity contribution in [2.45, 2.75) is 12.1 Å². The SMILES string of the molecule is O=C(COc1ccccc1)Nc1ccc(N2C(=S)NC(c3ccccn3)C2c2ccc(-c3cccc(Cl)c3Cl)o2)cc1. The predicted molar refractivity (Wildman–Crippen MR) is 169 cm³/mol. The number of rotatable bonds is 8. The molecule has 2 N–H and O–H groups in total. The summed E-state index contributed by atoms with van der Waals surface area (Å²) in [7, 11) is 0. The number of carbonyl (C=O) groups is 1. The number of furan rings is 1. The van der Waals surface area contributed by atoms with Crippen molar-refractivity contribution < 1.29 is 13.9 Å². The van der Waals surface area contributed by atoms with Gasteiger partial charge in [-0.3, -0.25) is 9.78 Å². The minimum absolute atomic E-state index is 0.100. The zero-order valence-corrected chi connectivity index (χ0v) is 24.4. The van der Waals surface area contributed by atoms with E-state index in [4.69, 9.17) is 44.6 Å². The first-order valence-corrected chi connectivity index (χ1v) is 14.3. The van der Waals surface area contributed by atoms with Crippen LogP contribution in [-0.4, -0.2) is 22.6 Å². The summed E-state index contributed by atoms with van der Waals surface area (Å²) in [5, 5.41) is 7.67. The van der Waals surface area contributed by atoms with Gasteiger partial charge >= 0.3 is 0 Å². The summed E-state index contributed by atoms with van der Waals surface area (Å²) < 4.78 is 11.9. The second-order valence-corrected chi connectivity index (χ2v) is 10.7. The molecule has 6 rings (SSSR count). The van der Waals surface area contributed by atoms with Gasteiger partial charge in [-0.25, -0.2) is 0 Å². The quantitative estimate of drug-likeness (QED) is 0.172. The molecule has 42 heavy (non-hydrogen) atoms. The molecule has 2 atom stereocenters. The molecule has 10 heteroatoms. The number of anilines is 2. The fourth-order valence-corrected chi connectivity index (χ4v) is 5.58. The lowest BCUT2D eigenvalue weighted by atomic mass is 10.0. The molecule has 5 aromatic rings. The highest BCUT2D eigenvalue weighted by Gasteiger charge is 2.42. The predicted octanol–water partition coefficient (Wildman–Crippen LogP) is 7.84. The third kappa shape index (κ3) is 5.83. The second kappa shape index (κ2) is 12.2. The van der Waals surface area contributed by atoms with Gasteiger partial charge < -0.3 is 24.7 Å². The van der Waals surface area contributed by atoms with Gasteiger partial charge in [-0.05, 0) is 85.0 Å². The summed E-state index contributed by atoms with van der Waals surface area (Å²) in [6.45, 7) is -0.100. The zero-order valence-electron chi connectivity index (χ0n) is 22.0. The molecule has 2 unspecified atom stereocenters. The molecular weight excluding hydrogens is 591 g/mol. The number of nitrogens with zero attached hydrogens (tertiary/aromatic N) is 2. The molecule has 3 aromatic carbocycles. The van der Waals surface area contributed by atoms with Gasteiger partial charge in [0.25, 0.3) is 5.91 Å². The Bertz CT molecular complexity index is 1720. The Balaban J connectivity index is 1.27. The maximum absolute atomic E-state index is 12.5. The third-order valence-electron chi connectivity index (χ3n) is 6.78. The summed E-state index contributed by atoms with van der Waals surface area (Å²) in [6, 6.07) is 30.9. The van der Waals surface area contributed by atoms with Crippen molar-refractivity contribution in [3.05, 3.63) is 131 Å². The molecule has 2 aromatic heterocycles. The number of aromatic nitrogens is 1. The standard InChI is InChI=1S/C32H24Cl2N4O3S/c33-24-10-6-9-23(29(24)34)26-16-17-27(41-26)31-30(25-11-4-5-18-35-25)37-32(42)38(31)21-14-12-20(13-15-21)36-28(39)19-40-22-7-2-1-3-8-22/h1-18,30-31H,19H2,(H,36,39)(H,37,42). The first-order valence-electron chi connectivity index (χ1n) is 13.1. The molecule has 210 valence electrons. The van der Waals surface area contributed by atoms with Crippen LogP contribution in [0.25, 0.3) is 11.3 Å². The Morgan fingerprint density at radius 1 is 0.952 bits per heavy atom. The van der Waals surface area contributed by atoms with E-state index < -0.39 is 0 Å². The molecule has 0 saturated carbocycles. The average molecular weight is 616 g/mol. The molecule has 1 amide bonds. The number of ether oxygens (including phenoxy) is 1. The van der Waals surface area contributed by atoms with Crippen LogP contribution in [0.1, 0.15) is 23.5 Å². The number of hydrogen-bond acceptors (Lipinski definition) is 5. The molecule has 7 nitrogen and oxygen atoms in total. The molecule has 0 spiro atoms. The molecule has 1 aliphatic heterocycles. The Hall–Kier alpha value is -4.37. The minimum Gasteiger partial charge on any atom is -0.484 e. The number of para-hydroxylation sites is 1. The van der Waals surface area contributed by atoms with Crippen LogP contribution in [0.2, 0.25) is 10.0 Å². The Morgan fingerprint density at radius 2 is 1.74 bits per heavy atom. The number of pyridine rings is 1. The number of carbonyl (C=O) groups excluding carboxylic acids is 1. The van der Waals surface area contributed by atoms with E-state index in [1.807, 2.05) is 89.8 Å². The van der Waals surface area contributed by atoms with Crippen molar-refractivity contribution in [3.63, 3.8) is 0 Å². The van der Waals surface area contributed by atoms with Crippen LogP contribution in [0.3, 0.4) is 0 Å². The Kier molecular flexibility index (Phi) is 8.10. The highest BCUT2D eigenvalue weighted by molar-refractivity contribution is 7.80. The molecule has 3 heterocycles. The number of thiocarbonyl (C=S) groups is 1. The van der Waals surface area contributed by atoms with Gasteiger partial charge in [0, 0.05) is 23.1 Å². The lowest BCUT2D eigenvalue weighted by Crippen LogP contribution is -2.29. The van der Waals surface area contributed by atoms with Crippen LogP contribution >= 0.6 is 35.4 Å². The van der Waals surface area contributed by atoms with Crippen molar-refractivity contribution in [1.82, 2.24) is 10.3 Å². The maximum atomic E-state index is 12.5. The molecule has 1 fully saturated rings. The van der Waals surface area contributed by atoms with Gasteiger partial charge in [0.1, 0.15) is 23.3 Å². The van der Waals surface area contributed by atoms with Crippen molar-refractivity contribution >= 4 is 57.8 Å². The largest absolute Gasteiger partial charge is 0.484 e. The fourth-order valence-electron chi connectivity index (χ4n) is 4.84. The molecule has 1 aliphatic rings. The molecular formula is C32H24Cl2N4O3S. The van der Waals surface area contributed by atoms with Gasteiger partial charge in [-0.15, -0.1) is 0 Å². The smallest absolute Gasteiger partial charge is 0.262 e. The van der Waals surface area contributed by atoms with Crippen LogP contribution < -0.4 is 20.3 Å². The normalized spacial score (nSPS) is 16.2. The van der Waals surface area contributed by atoms with Gasteiger partial charge in [0.2, 0.25) is 0 Å². The first kappa shape index (κ1) is 27.8. The Morgan fingerprint density at radius 3 is 2.50 bits per heavy atom. The second-order valence-electron chi connectivity index (χ2n) is 9.50. The van der Waals surface area contributed by atoms with E-state index in [1.165, 1.54) is 0 Å². The number of hydrogen-bond donors (Lipinski definition) is 2. The van der Waals surface area contributed by atoms with Gasteiger partial charge in [0.15, 0.2) is 11.7 Å². The summed E-state index contributed by atoms with van der Waals surface area (Å²) >= 11 is 18.6. The van der Waals surface area contributed by atoms with Crippen molar-refractivity contribution in [1.29, 1.82) is 0 Å². The topological polar surface area (TPSA) is 79.6 Å². The number of nitrogens with one attached hydrogen (secondary N) is 2. The van der Waals surface area contributed by atoms with Gasteiger partial charge in [-0.1, -0.05) is 53.5 Å². The molecule has 0 aliphatic carbocycles. The lowest BCUT2D eigenvalue weighted by Gasteiger charge is -2.26. The van der Waals surface area contributed by atoms with E-state index >= 15 is 0 Å². The highest BCUT2D eigenvalue weighted by Crippen LogP contribution is 2.44. The van der Waals surface area contributed by atoms with E-state index in [9.17, 15) is 4.79 Å². The minimum atomic E-state index is -0.362. The molecule has 1 saturated heterocycles. The fraction of sp³-hybridized carbons (Fsp3) is 0.0938. The summed E-state index contributed by atoms with van der Waals surface area (Å²) in [5.74, 6) is 1.62. The van der Waals surface area contributed by atoms with E-state index in [2.05, 4.69) is 15.6 Å².